The van der Waals surface area contributed by atoms with E-state index in [1.165, 1.54) is 12.1 Å². The Hall–Kier alpha value is -2.54. The lowest BCUT2D eigenvalue weighted by Crippen LogP contribution is -2.12. The third-order valence-corrected chi connectivity index (χ3v) is 5.06. The average molecular weight is 403 g/mol. The molecule has 0 saturated carbocycles. The van der Waals surface area contributed by atoms with E-state index in [2.05, 4.69) is 5.32 Å². The number of nitrogens with two attached hydrogens (primary N) is 1. The molecule has 0 amide bonds. The Kier molecular flexibility index (Phi) is 6.01. The topological polar surface area (TPSA) is 81.4 Å². The number of sulfonamides is 1. The molecule has 3 aromatic rings. The van der Waals surface area contributed by atoms with Crippen LogP contribution in [0.15, 0.2) is 77.7 Å². The molecule has 0 fully saturated rings. The van der Waals surface area contributed by atoms with E-state index in [1.54, 1.807) is 12.1 Å². The quantitative estimate of drug-likeness (QED) is 0.621. The third kappa shape index (κ3) is 5.72. The Balaban J connectivity index is 1.53. The van der Waals surface area contributed by atoms with Gasteiger partial charge in [0.15, 0.2) is 0 Å². The van der Waals surface area contributed by atoms with Crippen LogP contribution in [0.1, 0.15) is 11.1 Å². The molecule has 5 nitrogen and oxygen atoms in total. The van der Waals surface area contributed by atoms with E-state index in [1.807, 2.05) is 48.5 Å². The maximum atomic E-state index is 11.3. The molecule has 0 aliphatic heterocycles. The van der Waals surface area contributed by atoms with Crippen LogP contribution in [-0.2, 0) is 23.2 Å². The van der Waals surface area contributed by atoms with Crippen LogP contribution in [0.2, 0.25) is 5.02 Å². The standard InChI is InChI=1S/C20H19ClN2O3S/c21-17-3-1-2-16(12-17)14-26-19-8-4-15(5-9-19)13-23-18-6-10-20(11-7-18)27(22,24)25/h1-12,23H,13-14H2,(H2,22,24,25). The largest absolute Gasteiger partial charge is 0.489 e. The van der Waals surface area contributed by atoms with Crippen LogP contribution in [0.25, 0.3) is 0 Å². The van der Waals surface area contributed by atoms with E-state index in [4.69, 9.17) is 21.5 Å². The normalized spacial score (nSPS) is 11.2. The molecule has 3 N–H and O–H groups in total. The summed E-state index contributed by atoms with van der Waals surface area (Å²) in [6.45, 7) is 1.05. The fourth-order valence-electron chi connectivity index (χ4n) is 2.46. The van der Waals surface area contributed by atoms with Crippen molar-refractivity contribution >= 4 is 27.3 Å². The van der Waals surface area contributed by atoms with Crippen molar-refractivity contribution < 1.29 is 13.2 Å². The summed E-state index contributed by atoms with van der Waals surface area (Å²) in [5, 5.41) is 9.01. The van der Waals surface area contributed by atoms with E-state index < -0.39 is 10.0 Å². The van der Waals surface area contributed by atoms with Crippen LogP contribution in [-0.4, -0.2) is 8.42 Å². The third-order valence-electron chi connectivity index (χ3n) is 3.90. The van der Waals surface area contributed by atoms with Crippen LogP contribution in [0.5, 0.6) is 5.75 Å². The number of rotatable bonds is 7. The Morgan fingerprint density at radius 3 is 2.26 bits per heavy atom. The molecule has 0 aliphatic rings. The number of hydrogen-bond donors (Lipinski definition) is 2. The van der Waals surface area contributed by atoms with Crippen molar-refractivity contribution in [3.63, 3.8) is 0 Å². The molecule has 0 spiro atoms. The van der Waals surface area contributed by atoms with Gasteiger partial charge in [-0.2, -0.15) is 0 Å². The number of benzene rings is 3. The molecule has 0 atom stereocenters. The van der Waals surface area contributed by atoms with Crippen molar-refractivity contribution in [1.29, 1.82) is 0 Å². The molecule has 3 aromatic carbocycles. The van der Waals surface area contributed by atoms with Crippen LogP contribution in [0.3, 0.4) is 0 Å². The van der Waals surface area contributed by atoms with Gasteiger partial charge in [0, 0.05) is 17.3 Å². The number of hydrogen-bond acceptors (Lipinski definition) is 4. The minimum Gasteiger partial charge on any atom is -0.489 e. The van der Waals surface area contributed by atoms with Gasteiger partial charge in [0.05, 0.1) is 4.90 Å². The highest BCUT2D eigenvalue weighted by atomic mass is 35.5. The Morgan fingerprint density at radius 1 is 0.926 bits per heavy atom. The summed E-state index contributed by atoms with van der Waals surface area (Å²) in [6.07, 6.45) is 0. The van der Waals surface area contributed by atoms with E-state index >= 15 is 0 Å². The predicted octanol–water partition coefficient (Wildman–Crippen LogP) is 4.18. The number of halogens is 1. The fourth-order valence-corrected chi connectivity index (χ4v) is 3.19. The lowest BCUT2D eigenvalue weighted by atomic mass is 10.2. The summed E-state index contributed by atoms with van der Waals surface area (Å²) in [6, 6.07) is 21.6. The zero-order valence-electron chi connectivity index (χ0n) is 14.4. The summed E-state index contributed by atoms with van der Waals surface area (Å²) < 4.78 is 28.3. The monoisotopic (exact) mass is 402 g/mol. The van der Waals surface area contributed by atoms with Gasteiger partial charge < -0.3 is 10.1 Å². The van der Waals surface area contributed by atoms with E-state index in [-0.39, 0.29) is 4.90 Å². The first-order chi connectivity index (χ1) is 12.9. The number of anilines is 1. The smallest absolute Gasteiger partial charge is 0.238 e. The van der Waals surface area contributed by atoms with Crippen molar-refractivity contribution in [2.45, 2.75) is 18.0 Å². The SMILES string of the molecule is NS(=O)(=O)c1ccc(NCc2ccc(OCc3cccc(Cl)c3)cc2)cc1. The molecule has 3 rings (SSSR count). The maximum absolute atomic E-state index is 11.3. The molecule has 0 radical (unpaired) electrons. The summed E-state index contributed by atoms with van der Waals surface area (Å²) in [7, 11) is -3.67. The van der Waals surface area contributed by atoms with Crippen molar-refractivity contribution in [2.24, 2.45) is 5.14 Å². The molecule has 0 saturated heterocycles. The first-order valence-electron chi connectivity index (χ1n) is 8.23. The van der Waals surface area contributed by atoms with Gasteiger partial charge in [-0.05, 0) is 59.7 Å². The highest BCUT2D eigenvalue weighted by molar-refractivity contribution is 7.89. The molecule has 0 bridgehead atoms. The van der Waals surface area contributed by atoms with Gasteiger partial charge in [0.1, 0.15) is 12.4 Å². The lowest BCUT2D eigenvalue weighted by molar-refractivity contribution is 0.306. The molecule has 0 unspecified atom stereocenters. The second-order valence-electron chi connectivity index (χ2n) is 5.99. The van der Waals surface area contributed by atoms with Crippen LogP contribution < -0.4 is 15.2 Å². The Bertz CT molecular complexity index is 1000. The molecular formula is C20H19ClN2O3S. The van der Waals surface area contributed by atoms with Gasteiger partial charge in [-0.1, -0.05) is 35.9 Å². The zero-order valence-corrected chi connectivity index (χ0v) is 16.0. The predicted molar refractivity (Wildman–Crippen MR) is 107 cm³/mol. The van der Waals surface area contributed by atoms with Gasteiger partial charge >= 0.3 is 0 Å². The van der Waals surface area contributed by atoms with Gasteiger partial charge in [-0.25, -0.2) is 13.6 Å². The fraction of sp³-hybridized carbons (Fsp3) is 0.100. The number of primary sulfonamides is 1. The van der Waals surface area contributed by atoms with Gasteiger partial charge in [0.25, 0.3) is 0 Å². The minimum absolute atomic E-state index is 0.0919. The highest BCUT2D eigenvalue weighted by Crippen LogP contribution is 2.18. The lowest BCUT2D eigenvalue weighted by Gasteiger charge is -2.09. The maximum Gasteiger partial charge on any atom is 0.238 e. The second kappa shape index (κ2) is 8.43. The molecule has 0 aliphatic carbocycles. The van der Waals surface area contributed by atoms with Crippen molar-refractivity contribution in [3.05, 3.63) is 88.9 Å². The highest BCUT2D eigenvalue weighted by Gasteiger charge is 2.06. The number of nitrogens with one attached hydrogen (secondary N) is 1. The Morgan fingerprint density at radius 2 is 1.63 bits per heavy atom. The van der Waals surface area contributed by atoms with Crippen LogP contribution in [0, 0.1) is 0 Å². The van der Waals surface area contributed by atoms with E-state index in [0.29, 0.717) is 18.2 Å². The summed E-state index contributed by atoms with van der Waals surface area (Å²) in [5.74, 6) is 0.774. The van der Waals surface area contributed by atoms with Gasteiger partial charge in [-0.15, -0.1) is 0 Å². The van der Waals surface area contributed by atoms with Crippen molar-refractivity contribution in [1.82, 2.24) is 0 Å². The Labute approximate surface area is 163 Å². The minimum atomic E-state index is -3.67. The second-order valence-corrected chi connectivity index (χ2v) is 7.98. The molecule has 7 heteroatoms. The number of ether oxygens (including phenoxy) is 1. The van der Waals surface area contributed by atoms with Gasteiger partial charge in [0.2, 0.25) is 10.0 Å². The van der Waals surface area contributed by atoms with Crippen LogP contribution in [0.4, 0.5) is 5.69 Å². The van der Waals surface area contributed by atoms with E-state index in [9.17, 15) is 8.42 Å². The average Bonchev–Trinajstić information content (AvgIpc) is 2.65. The molecule has 0 heterocycles. The van der Waals surface area contributed by atoms with Crippen molar-refractivity contribution in [2.75, 3.05) is 5.32 Å². The molecule has 0 aromatic heterocycles. The van der Waals surface area contributed by atoms with Gasteiger partial charge in [-0.3, -0.25) is 0 Å². The molecule has 140 valence electrons. The van der Waals surface area contributed by atoms with Crippen LogP contribution >= 0.6 is 11.6 Å². The summed E-state index contributed by atoms with van der Waals surface area (Å²) in [4.78, 5) is 0.0919. The first kappa shape index (κ1) is 19.2. The van der Waals surface area contributed by atoms with Crippen molar-refractivity contribution in [3.8, 4) is 5.75 Å². The summed E-state index contributed by atoms with van der Waals surface area (Å²) >= 11 is 5.97. The summed E-state index contributed by atoms with van der Waals surface area (Å²) in [5.41, 5.74) is 2.89. The molecule has 27 heavy (non-hydrogen) atoms. The zero-order chi connectivity index (χ0) is 19.3. The first-order valence-corrected chi connectivity index (χ1v) is 10.2. The molecular weight excluding hydrogens is 384 g/mol. The van der Waals surface area contributed by atoms with E-state index in [0.717, 1.165) is 22.6 Å².